The maximum Gasteiger partial charge on any atom is 0.0640 e. The lowest BCUT2D eigenvalue weighted by Gasteiger charge is -2.37. The highest BCUT2D eigenvalue weighted by molar-refractivity contribution is 6.33. The molecule has 20 heavy (non-hydrogen) atoms. The zero-order chi connectivity index (χ0) is 14.1. The average Bonchev–Trinajstić information content (AvgIpc) is 2.36. The van der Waals surface area contributed by atoms with Gasteiger partial charge in [-0.1, -0.05) is 47.5 Å². The van der Waals surface area contributed by atoms with E-state index in [1.807, 2.05) is 24.3 Å². The van der Waals surface area contributed by atoms with Gasteiger partial charge in [0.05, 0.1) is 10.7 Å². The van der Waals surface area contributed by atoms with Gasteiger partial charge >= 0.3 is 0 Å². The van der Waals surface area contributed by atoms with Gasteiger partial charge in [-0.05, 0) is 55.0 Å². The first-order valence-electron chi connectivity index (χ1n) is 6.90. The van der Waals surface area contributed by atoms with Crippen LogP contribution in [-0.2, 0) is 0 Å². The highest BCUT2D eigenvalue weighted by atomic mass is 35.5. The summed E-state index contributed by atoms with van der Waals surface area (Å²) >= 11 is 12.3. The largest absolute Gasteiger partial charge is 0.381 e. The van der Waals surface area contributed by atoms with E-state index in [9.17, 15) is 0 Å². The lowest BCUT2D eigenvalue weighted by Crippen LogP contribution is -2.34. The second kappa shape index (κ2) is 5.67. The van der Waals surface area contributed by atoms with E-state index in [4.69, 9.17) is 23.2 Å². The molecule has 0 spiro atoms. The van der Waals surface area contributed by atoms with Crippen molar-refractivity contribution in [1.82, 2.24) is 0 Å². The number of aryl methyl sites for hydroxylation is 1. The van der Waals surface area contributed by atoms with Gasteiger partial charge in [-0.15, -0.1) is 0 Å². The summed E-state index contributed by atoms with van der Waals surface area (Å²) in [5.41, 5.74) is 3.61. The Bertz CT molecular complexity index is 598. The molecule has 1 aliphatic carbocycles. The van der Waals surface area contributed by atoms with Crippen molar-refractivity contribution in [2.75, 3.05) is 5.32 Å². The molecule has 0 radical (unpaired) electrons. The fourth-order valence-electron chi connectivity index (χ4n) is 2.79. The standard InChI is InChI=1S/C17H17Cl2N/c1-11-4-2-7-16(19)17(11)20-15-9-13(10-15)12-5-3-6-14(18)8-12/h2-8,13,15,20H,9-10H2,1H3. The normalized spacial score (nSPS) is 21.4. The molecular formula is C17H17Cl2N. The topological polar surface area (TPSA) is 12.0 Å². The molecule has 1 nitrogen and oxygen atoms in total. The van der Waals surface area contributed by atoms with Crippen LogP contribution in [0, 0.1) is 6.92 Å². The average molecular weight is 306 g/mol. The molecule has 2 aromatic carbocycles. The van der Waals surface area contributed by atoms with Gasteiger partial charge in [0.25, 0.3) is 0 Å². The second-order valence-electron chi connectivity index (χ2n) is 5.50. The Morgan fingerprint density at radius 2 is 1.80 bits per heavy atom. The van der Waals surface area contributed by atoms with Gasteiger partial charge in [-0.3, -0.25) is 0 Å². The predicted octanol–water partition coefficient (Wildman–Crippen LogP) is 5.66. The number of rotatable bonds is 3. The molecule has 104 valence electrons. The summed E-state index contributed by atoms with van der Waals surface area (Å²) in [5.74, 6) is 0.606. The fraction of sp³-hybridized carbons (Fsp3) is 0.294. The van der Waals surface area contributed by atoms with Crippen LogP contribution in [0.15, 0.2) is 42.5 Å². The van der Waals surface area contributed by atoms with Crippen LogP contribution >= 0.6 is 23.2 Å². The van der Waals surface area contributed by atoms with E-state index >= 15 is 0 Å². The van der Waals surface area contributed by atoms with Gasteiger partial charge in [0.15, 0.2) is 0 Å². The van der Waals surface area contributed by atoms with Crippen LogP contribution < -0.4 is 5.32 Å². The monoisotopic (exact) mass is 305 g/mol. The molecule has 1 N–H and O–H groups in total. The molecule has 1 fully saturated rings. The Morgan fingerprint density at radius 3 is 2.50 bits per heavy atom. The van der Waals surface area contributed by atoms with Crippen molar-refractivity contribution in [2.45, 2.75) is 31.7 Å². The lowest BCUT2D eigenvalue weighted by molar-refractivity contribution is 0.374. The van der Waals surface area contributed by atoms with Crippen LogP contribution in [0.2, 0.25) is 10.0 Å². The van der Waals surface area contributed by atoms with Crippen molar-refractivity contribution in [2.24, 2.45) is 0 Å². The zero-order valence-corrected chi connectivity index (χ0v) is 12.9. The Hall–Kier alpha value is -1.18. The first kappa shape index (κ1) is 13.8. The lowest BCUT2D eigenvalue weighted by atomic mass is 9.76. The number of hydrogen-bond donors (Lipinski definition) is 1. The third-order valence-electron chi connectivity index (χ3n) is 4.03. The van der Waals surface area contributed by atoms with Gasteiger partial charge in [-0.25, -0.2) is 0 Å². The Kier molecular flexibility index (Phi) is 3.91. The quantitative estimate of drug-likeness (QED) is 0.771. The molecule has 1 saturated carbocycles. The van der Waals surface area contributed by atoms with Crippen LogP contribution in [0.25, 0.3) is 0 Å². The summed E-state index contributed by atoms with van der Waals surface area (Å²) in [6.07, 6.45) is 2.26. The number of para-hydroxylation sites is 1. The highest BCUT2D eigenvalue weighted by Crippen LogP contribution is 2.40. The number of halogens is 2. The molecule has 3 rings (SSSR count). The van der Waals surface area contributed by atoms with Gasteiger partial charge in [-0.2, -0.15) is 0 Å². The van der Waals surface area contributed by atoms with Gasteiger partial charge in [0.1, 0.15) is 0 Å². The third-order valence-corrected chi connectivity index (χ3v) is 4.58. The molecular weight excluding hydrogens is 289 g/mol. The Labute approximate surface area is 129 Å². The number of hydrogen-bond acceptors (Lipinski definition) is 1. The molecule has 0 aliphatic heterocycles. The molecule has 0 atom stereocenters. The fourth-order valence-corrected chi connectivity index (χ4v) is 3.26. The van der Waals surface area contributed by atoms with Crippen molar-refractivity contribution in [3.63, 3.8) is 0 Å². The summed E-state index contributed by atoms with van der Waals surface area (Å²) in [7, 11) is 0. The Balaban J connectivity index is 1.64. The van der Waals surface area contributed by atoms with Gasteiger partial charge in [0, 0.05) is 11.1 Å². The molecule has 3 heteroatoms. The maximum absolute atomic E-state index is 6.25. The van der Waals surface area contributed by atoms with Crippen molar-refractivity contribution >= 4 is 28.9 Å². The smallest absolute Gasteiger partial charge is 0.0640 e. The minimum atomic E-state index is 0.498. The van der Waals surface area contributed by atoms with E-state index < -0.39 is 0 Å². The van der Waals surface area contributed by atoms with Gasteiger partial charge in [0.2, 0.25) is 0 Å². The highest BCUT2D eigenvalue weighted by Gasteiger charge is 2.30. The predicted molar refractivity (Wildman–Crippen MR) is 87.0 cm³/mol. The third kappa shape index (κ3) is 2.79. The first-order chi connectivity index (χ1) is 9.63. The van der Waals surface area contributed by atoms with E-state index in [1.54, 1.807) is 0 Å². The molecule has 0 unspecified atom stereocenters. The molecule has 0 aromatic heterocycles. The first-order valence-corrected chi connectivity index (χ1v) is 7.66. The summed E-state index contributed by atoms with van der Waals surface area (Å²) in [6, 6.07) is 14.7. The van der Waals surface area contributed by atoms with Crippen molar-refractivity contribution in [3.05, 3.63) is 63.6 Å². The number of nitrogens with one attached hydrogen (secondary N) is 1. The van der Waals surface area contributed by atoms with Crippen molar-refractivity contribution < 1.29 is 0 Å². The SMILES string of the molecule is Cc1cccc(Cl)c1NC1CC(c2cccc(Cl)c2)C1. The van der Waals surface area contributed by atoms with Gasteiger partial charge < -0.3 is 5.32 Å². The minimum absolute atomic E-state index is 0.498. The van der Waals surface area contributed by atoms with Crippen LogP contribution in [0.1, 0.15) is 29.9 Å². The van der Waals surface area contributed by atoms with Crippen LogP contribution in [0.4, 0.5) is 5.69 Å². The Morgan fingerprint density at radius 1 is 1.05 bits per heavy atom. The molecule has 0 amide bonds. The van der Waals surface area contributed by atoms with Crippen LogP contribution in [-0.4, -0.2) is 6.04 Å². The summed E-state index contributed by atoms with van der Waals surface area (Å²) < 4.78 is 0. The molecule has 2 aromatic rings. The van der Waals surface area contributed by atoms with Crippen LogP contribution in [0.3, 0.4) is 0 Å². The summed E-state index contributed by atoms with van der Waals surface area (Å²) in [4.78, 5) is 0. The van der Waals surface area contributed by atoms with Crippen molar-refractivity contribution in [3.8, 4) is 0 Å². The number of anilines is 1. The molecule has 0 saturated heterocycles. The van der Waals surface area contributed by atoms with E-state index in [0.717, 1.165) is 28.6 Å². The van der Waals surface area contributed by atoms with E-state index in [-0.39, 0.29) is 0 Å². The van der Waals surface area contributed by atoms with Crippen LogP contribution in [0.5, 0.6) is 0 Å². The van der Waals surface area contributed by atoms with Crippen molar-refractivity contribution in [1.29, 1.82) is 0 Å². The second-order valence-corrected chi connectivity index (χ2v) is 6.34. The molecule has 1 aliphatic rings. The minimum Gasteiger partial charge on any atom is -0.381 e. The number of benzene rings is 2. The maximum atomic E-state index is 6.25. The van der Waals surface area contributed by atoms with E-state index in [1.165, 1.54) is 11.1 Å². The molecule has 0 bridgehead atoms. The molecule has 0 heterocycles. The van der Waals surface area contributed by atoms with E-state index in [2.05, 4.69) is 30.4 Å². The summed E-state index contributed by atoms with van der Waals surface area (Å²) in [5, 5.41) is 5.19. The summed E-state index contributed by atoms with van der Waals surface area (Å²) in [6.45, 7) is 2.08. The zero-order valence-electron chi connectivity index (χ0n) is 11.4. The van der Waals surface area contributed by atoms with E-state index in [0.29, 0.717) is 12.0 Å².